The highest BCUT2D eigenvalue weighted by atomic mass is 35.5. The third-order valence-corrected chi connectivity index (χ3v) is 4.40. The molecule has 0 radical (unpaired) electrons. The van der Waals surface area contributed by atoms with E-state index in [1.165, 1.54) is 6.33 Å². The number of hydrogen-bond acceptors (Lipinski definition) is 5. The third-order valence-electron chi connectivity index (χ3n) is 3.47. The van der Waals surface area contributed by atoms with Gasteiger partial charge in [-0.3, -0.25) is 0 Å². The molecule has 3 aromatic rings. The first-order valence-electron chi connectivity index (χ1n) is 7.34. The fourth-order valence-corrected chi connectivity index (χ4v) is 2.72. The minimum absolute atomic E-state index is 0.366. The lowest BCUT2D eigenvalue weighted by Gasteiger charge is -2.14. The molecule has 0 unspecified atom stereocenters. The predicted octanol–water partition coefficient (Wildman–Crippen LogP) is 5.37. The van der Waals surface area contributed by atoms with Gasteiger partial charge in [-0.1, -0.05) is 53.0 Å². The number of benzene rings is 2. The maximum absolute atomic E-state index is 6.16. The molecule has 1 heterocycles. The highest BCUT2D eigenvalue weighted by Gasteiger charge is 2.11. The Morgan fingerprint density at radius 1 is 0.920 bits per heavy atom. The number of nitrogens with two attached hydrogens (primary N) is 1. The van der Waals surface area contributed by atoms with Gasteiger partial charge in [0, 0.05) is 16.6 Å². The Bertz CT molecular complexity index is 901. The quantitative estimate of drug-likeness (QED) is 0.542. The van der Waals surface area contributed by atoms with Gasteiger partial charge in [-0.2, -0.15) is 0 Å². The minimum Gasteiger partial charge on any atom is -0.393 e. The van der Waals surface area contributed by atoms with Gasteiger partial charge in [0.15, 0.2) is 11.6 Å². The second kappa shape index (κ2) is 7.78. The van der Waals surface area contributed by atoms with Crippen LogP contribution < -0.4 is 16.4 Å². The average Bonchev–Trinajstić information content (AvgIpc) is 2.60. The molecule has 25 heavy (non-hydrogen) atoms. The van der Waals surface area contributed by atoms with Crippen LogP contribution in [-0.4, -0.2) is 9.97 Å². The Balaban J connectivity index is 1.80. The Morgan fingerprint density at radius 2 is 1.68 bits per heavy atom. The van der Waals surface area contributed by atoms with Crippen LogP contribution in [0.2, 0.25) is 15.1 Å². The van der Waals surface area contributed by atoms with Gasteiger partial charge in [-0.15, -0.1) is 0 Å². The van der Waals surface area contributed by atoms with Crippen LogP contribution in [0.25, 0.3) is 0 Å². The van der Waals surface area contributed by atoms with Crippen LogP contribution in [0, 0.1) is 0 Å². The van der Waals surface area contributed by atoms with Crippen LogP contribution in [-0.2, 0) is 6.54 Å². The molecule has 4 N–H and O–H groups in total. The molecule has 0 aliphatic rings. The maximum atomic E-state index is 6.16. The van der Waals surface area contributed by atoms with Crippen molar-refractivity contribution in [1.82, 2.24) is 9.97 Å². The molecule has 3 rings (SSSR count). The van der Waals surface area contributed by atoms with Crippen molar-refractivity contribution in [2.45, 2.75) is 6.54 Å². The summed E-state index contributed by atoms with van der Waals surface area (Å²) in [5.41, 5.74) is 8.08. The van der Waals surface area contributed by atoms with Crippen molar-refractivity contribution in [2.75, 3.05) is 16.4 Å². The summed E-state index contributed by atoms with van der Waals surface area (Å²) < 4.78 is 0. The van der Waals surface area contributed by atoms with E-state index in [-0.39, 0.29) is 0 Å². The molecule has 0 saturated carbocycles. The standard InChI is InChI=1S/C17H14Cl3N5/c18-11-5-6-13(20)14(7-11)25-17-15(21)16(23-9-24-17)22-8-10-3-1-2-4-12(10)19/h1-7,9H,8,21H2,(H2,22,23,24,25). The summed E-state index contributed by atoms with van der Waals surface area (Å²) in [4.78, 5) is 8.34. The van der Waals surface area contributed by atoms with Crippen molar-refractivity contribution >= 4 is 57.8 Å². The van der Waals surface area contributed by atoms with Crippen molar-refractivity contribution in [3.63, 3.8) is 0 Å². The largest absolute Gasteiger partial charge is 0.393 e. The summed E-state index contributed by atoms with van der Waals surface area (Å²) in [5, 5.41) is 7.97. The van der Waals surface area contributed by atoms with Crippen LogP contribution in [0.1, 0.15) is 5.56 Å². The Hall–Kier alpha value is -2.21. The van der Waals surface area contributed by atoms with E-state index < -0.39 is 0 Å². The second-order valence-electron chi connectivity index (χ2n) is 5.18. The lowest BCUT2D eigenvalue weighted by atomic mass is 10.2. The topological polar surface area (TPSA) is 75.9 Å². The van der Waals surface area contributed by atoms with E-state index in [1.54, 1.807) is 18.2 Å². The van der Waals surface area contributed by atoms with Gasteiger partial charge in [0.25, 0.3) is 0 Å². The second-order valence-corrected chi connectivity index (χ2v) is 6.43. The average molecular weight is 395 g/mol. The summed E-state index contributed by atoms with van der Waals surface area (Å²) in [6, 6.07) is 12.6. The first-order chi connectivity index (χ1) is 12.0. The van der Waals surface area contributed by atoms with Gasteiger partial charge < -0.3 is 16.4 Å². The van der Waals surface area contributed by atoms with Gasteiger partial charge in [0.2, 0.25) is 0 Å². The third kappa shape index (κ3) is 4.25. The molecule has 0 aliphatic heterocycles. The van der Waals surface area contributed by atoms with Crippen molar-refractivity contribution in [3.8, 4) is 0 Å². The highest BCUT2D eigenvalue weighted by Crippen LogP contribution is 2.31. The number of rotatable bonds is 5. The maximum Gasteiger partial charge on any atom is 0.159 e. The summed E-state index contributed by atoms with van der Waals surface area (Å²) in [6.07, 6.45) is 1.41. The van der Waals surface area contributed by atoms with E-state index in [4.69, 9.17) is 40.5 Å². The zero-order chi connectivity index (χ0) is 17.8. The van der Waals surface area contributed by atoms with E-state index >= 15 is 0 Å². The minimum atomic E-state index is 0.366. The molecule has 0 saturated heterocycles. The number of halogens is 3. The van der Waals surface area contributed by atoms with Gasteiger partial charge in [-0.25, -0.2) is 9.97 Å². The molecule has 0 aliphatic carbocycles. The molecule has 128 valence electrons. The van der Waals surface area contributed by atoms with Gasteiger partial charge in [0.1, 0.15) is 12.0 Å². The molecule has 5 nitrogen and oxygen atoms in total. The number of nitrogen functional groups attached to an aromatic ring is 1. The normalized spacial score (nSPS) is 10.5. The molecular formula is C17H14Cl3N5. The highest BCUT2D eigenvalue weighted by molar-refractivity contribution is 6.35. The monoisotopic (exact) mass is 393 g/mol. The van der Waals surface area contributed by atoms with Gasteiger partial charge in [-0.05, 0) is 29.8 Å². The molecule has 2 aromatic carbocycles. The van der Waals surface area contributed by atoms with Gasteiger partial charge >= 0.3 is 0 Å². The lowest BCUT2D eigenvalue weighted by molar-refractivity contribution is 1.09. The Labute approximate surface area is 160 Å². The van der Waals surface area contributed by atoms with E-state index in [0.29, 0.717) is 44.6 Å². The van der Waals surface area contributed by atoms with Crippen LogP contribution >= 0.6 is 34.8 Å². The molecular weight excluding hydrogens is 381 g/mol. The van der Waals surface area contributed by atoms with E-state index in [2.05, 4.69) is 20.6 Å². The summed E-state index contributed by atoms with van der Waals surface area (Å²) >= 11 is 18.3. The van der Waals surface area contributed by atoms with E-state index in [0.717, 1.165) is 5.56 Å². The number of nitrogens with one attached hydrogen (secondary N) is 2. The number of anilines is 4. The SMILES string of the molecule is Nc1c(NCc2ccccc2Cl)ncnc1Nc1cc(Cl)ccc1Cl. The molecule has 0 amide bonds. The fraction of sp³-hybridized carbons (Fsp3) is 0.0588. The van der Waals surface area contributed by atoms with Crippen LogP contribution in [0.3, 0.4) is 0 Å². The summed E-state index contributed by atoms with van der Waals surface area (Å²) in [5.74, 6) is 0.927. The van der Waals surface area contributed by atoms with Gasteiger partial charge in [0.05, 0.1) is 10.7 Å². The smallest absolute Gasteiger partial charge is 0.159 e. The zero-order valence-corrected chi connectivity index (χ0v) is 15.2. The van der Waals surface area contributed by atoms with Crippen molar-refractivity contribution in [1.29, 1.82) is 0 Å². The Kier molecular flexibility index (Phi) is 5.48. The first kappa shape index (κ1) is 17.6. The fourth-order valence-electron chi connectivity index (χ4n) is 2.18. The number of hydrogen-bond donors (Lipinski definition) is 3. The zero-order valence-electron chi connectivity index (χ0n) is 12.9. The molecule has 8 heteroatoms. The molecule has 0 atom stereocenters. The summed E-state index contributed by atoms with van der Waals surface area (Å²) in [6.45, 7) is 0.484. The molecule has 0 spiro atoms. The van der Waals surface area contributed by atoms with Crippen LogP contribution in [0.15, 0.2) is 48.8 Å². The molecule has 1 aromatic heterocycles. The van der Waals surface area contributed by atoms with E-state index in [1.807, 2.05) is 24.3 Å². The summed E-state index contributed by atoms with van der Waals surface area (Å²) in [7, 11) is 0. The van der Waals surface area contributed by atoms with Crippen LogP contribution in [0.4, 0.5) is 23.0 Å². The van der Waals surface area contributed by atoms with E-state index in [9.17, 15) is 0 Å². The van der Waals surface area contributed by atoms with Crippen molar-refractivity contribution in [2.24, 2.45) is 0 Å². The predicted molar refractivity (Wildman–Crippen MR) is 105 cm³/mol. The number of nitrogens with zero attached hydrogens (tertiary/aromatic N) is 2. The molecule has 0 fully saturated rings. The van der Waals surface area contributed by atoms with Crippen LogP contribution in [0.5, 0.6) is 0 Å². The first-order valence-corrected chi connectivity index (χ1v) is 8.48. The van der Waals surface area contributed by atoms with Crippen molar-refractivity contribution < 1.29 is 0 Å². The molecule has 0 bridgehead atoms. The number of aromatic nitrogens is 2. The van der Waals surface area contributed by atoms with Crippen molar-refractivity contribution in [3.05, 3.63) is 69.4 Å². The lowest BCUT2D eigenvalue weighted by Crippen LogP contribution is -2.08. The Morgan fingerprint density at radius 3 is 2.48 bits per heavy atom.